The molecule has 0 spiro atoms. The summed E-state index contributed by atoms with van der Waals surface area (Å²) in [7, 11) is 0. The van der Waals surface area contributed by atoms with Crippen LogP contribution in [0.2, 0.25) is 0 Å². The van der Waals surface area contributed by atoms with Crippen molar-refractivity contribution in [2.24, 2.45) is 58.2 Å². The van der Waals surface area contributed by atoms with Crippen LogP contribution in [0, 0.1) is 58.2 Å². The average Bonchev–Trinajstić information content (AvgIpc) is 3.31. The molecule has 0 heterocycles. The smallest absolute Gasteiger partial charge is 0.0492 e. The van der Waals surface area contributed by atoms with Crippen molar-refractivity contribution in [3.63, 3.8) is 0 Å². The van der Waals surface area contributed by atoms with Crippen molar-refractivity contribution in [3.8, 4) is 0 Å². The molecule has 0 amide bonds. The molecule has 2 heteroatoms. The van der Waals surface area contributed by atoms with Gasteiger partial charge in [0.15, 0.2) is 0 Å². The highest BCUT2D eigenvalue weighted by molar-refractivity contribution is 5.12. The molecule has 2 N–H and O–H groups in total. The van der Waals surface area contributed by atoms with Gasteiger partial charge in [-0.2, -0.15) is 0 Å². The molecule has 6 rings (SSSR count). The summed E-state index contributed by atoms with van der Waals surface area (Å²) in [4.78, 5) is 0. The van der Waals surface area contributed by atoms with Crippen LogP contribution in [0.25, 0.3) is 0 Å². The SMILES string of the molecule is OCC1(CCC2(CO)C3CCCCC3C3CCCCC32)C2CCCCC2C2CCCCC21. The van der Waals surface area contributed by atoms with Gasteiger partial charge in [0.25, 0.3) is 0 Å². The molecule has 6 aliphatic rings. The summed E-state index contributed by atoms with van der Waals surface area (Å²) in [6.07, 6.45) is 25.0. The maximum atomic E-state index is 11.1. The van der Waals surface area contributed by atoms with Gasteiger partial charge in [-0.3, -0.25) is 0 Å². The van der Waals surface area contributed by atoms with Gasteiger partial charge < -0.3 is 10.2 Å². The monoisotopic (exact) mass is 442 g/mol. The minimum atomic E-state index is 0.176. The highest BCUT2D eigenvalue weighted by Crippen LogP contribution is 2.69. The van der Waals surface area contributed by atoms with E-state index in [4.69, 9.17) is 0 Å². The summed E-state index contributed by atoms with van der Waals surface area (Å²) in [5.41, 5.74) is 0.352. The highest BCUT2D eigenvalue weighted by atomic mass is 16.3. The van der Waals surface area contributed by atoms with E-state index >= 15 is 0 Å². The molecular weight excluding hydrogens is 392 g/mol. The summed E-state index contributed by atoms with van der Waals surface area (Å²) < 4.78 is 0. The first-order valence-electron chi connectivity index (χ1n) is 15.0. The average molecular weight is 443 g/mol. The van der Waals surface area contributed by atoms with Crippen LogP contribution in [0.3, 0.4) is 0 Å². The zero-order valence-electron chi connectivity index (χ0n) is 20.7. The predicted molar refractivity (Wildman–Crippen MR) is 130 cm³/mol. The number of hydrogen-bond donors (Lipinski definition) is 2. The topological polar surface area (TPSA) is 40.5 Å². The molecule has 0 aliphatic heterocycles. The van der Waals surface area contributed by atoms with E-state index in [9.17, 15) is 10.2 Å². The second-order valence-corrected chi connectivity index (χ2v) is 13.5. The fourth-order valence-electron chi connectivity index (χ4n) is 11.9. The molecule has 6 saturated carbocycles. The molecule has 2 nitrogen and oxygen atoms in total. The maximum Gasteiger partial charge on any atom is 0.0492 e. The van der Waals surface area contributed by atoms with Crippen molar-refractivity contribution < 1.29 is 10.2 Å². The summed E-state index contributed by atoms with van der Waals surface area (Å²) in [6, 6.07) is 0. The quantitative estimate of drug-likeness (QED) is 0.482. The van der Waals surface area contributed by atoms with Crippen molar-refractivity contribution >= 4 is 0 Å². The van der Waals surface area contributed by atoms with Crippen molar-refractivity contribution in [1.82, 2.24) is 0 Å². The number of fused-ring (bicyclic) bond motifs is 6. The summed E-state index contributed by atoms with van der Waals surface area (Å²) in [5, 5.41) is 22.3. The Morgan fingerprint density at radius 1 is 0.406 bits per heavy atom. The zero-order chi connectivity index (χ0) is 21.8. The van der Waals surface area contributed by atoms with Gasteiger partial charge >= 0.3 is 0 Å². The Labute approximate surface area is 197 Å². The number of rotatable bonds is 5. The lowest BCUT2D eigenvalue weighted by Crippen LogP contribution is -2.44. The number of hydrogen-bond acceptors (Lipinski definition) is 2. The number of aliphatic hydroxyl groups excluding tert-OH is 2. The molecular formula is C30H50O2. The molecule has 6 aliphatic carbocycles. The van der Waals surface area contributed by atoms with E-state index in [1.54, 1.807) is 0 Å². The van der Waals surface area contributed by atoms with Crippen LogP contribution in [-0.4, -0.2) is 23.4 Å². The molecule has 8 unspecified atom stereocenters. The second-order valence-electron chi connectivity index (χ2n) is 13.5. The van der Waals surface area contributed by atoms with Crippen molar-refractivity contribution in [1.29, 1.82) is 0 Å². The summed E-state index contributed by atoms with van der Waals surface area (Å²) in [6.45, 7) is 0.859. The molecule has 0 radical (unpaired) electrons. The largest absolute Gasteiger partial charge is 0.396 e. The number of aliphatic hydroxyl groups is 2. The van der Waals surface area contributed by atoms with Crippen LogP contribution in [-0.2, 0) is 0 Å². The van der Waals surface area contributed by atoms with E-state index in [0.29, 0.717) is 13.2 Å². The van der Waals surface area contributed by atoms with Crippen molar-refractivity contribution in [2.75, 3.05) is 13.2 Å². The Morgan fingerprint density at radius 3 is 0.906 bits per heavy atom. The second kappa shape index (κ2) is 8.85. The fraction of sp³-hybridized carbons (Fsp3) is 1.00. The zero-order valence-corrected chi connectivity index (χ0v) is 20.7. The van der Waals surface area contributed by atoms with Gasteiger partial charge in [-0.05, 0) is 122 Å². The van der Waals surface area contributed by atoms with Gasteiger partial charge in [-0.1, -0.05) is 51.4 Å². The van der Waals surface area contributed by atoms with Crippen LogP contribution in [0.15, 0.2) is 0 Å². The Hall–Kier alpha value is -0.0800. The van der Waals surface area contributed by atoms with Crippen LogP contribution >= 0.6 is 0 Å². The molecule has 0 aromatic heterocycles. The summed E-state index contributed by atoms with van der Waals surface area (Å²) in [5.74, 6) is 6.71. The first-order chi connectivity index (χ1) is 15.7. The van der Waals surface area contributed by atoms with E-state index in [-0.39, 0.29) is 10.8 Å². The third kappa shape index (κ3) is 3.16. The molecule has 0 aromatic carbocycles. The predicted octanol–water partition coefficient (Wildman–Crippen LogP) is 6.98. The molecule has 182 valence electrons. The first kappa shape index (κ1) is 22.4. The van der Waals surface area contributed by atoms with E-state index in [1.165, 1.54) is 116 Å². The van der Waals surface area contributed by atoms with E-state index < -0.39 is 0 Å². The van der Waals surface area contributed by atoms with Crippen LogP contribution in [0.5, 0.6) is 0 Å². The van der Waals surface area contributed by atoms with E-state index in [0.717, 1.165) is 47.3 Å². The lowest BCUT2D eigenvalue weighted by atomic mass is 9.58. The van der Waals surface area contributed by atoms with Gasteiger partial charge in [0.05, 0.1) is 0 Å². The normalized spacial score (nSPS) is 52.7. The molecule has 0 saturated heterocycles. The Morgan fingerprint density at radius 2 is 0.656 bits per heavy atom. The molecule has 0 bridgehead atoms. The highest BCUT2D eigenvalue weighted by Gasteiger charge is 2.63. The molecule has 8 atom stereocenters. The van der Waals surface area contributed by atoms with E-state index in [1.807, 2.05) is 0 Å². The summed E-state index contributed by atoms with van der Waals surface area (Å²) >= 11 is 0. The van der Waals surface area contributed by atoms with Gasteiger partial charge in [0, 0.05) is 13.2 Å². The van der Waals surface area contributed by atoms with Crippen molar-refractivity contribution in [3.05, 3.63) is 0 Å². The minimum Gasteiger partial charge on any atom is -0.396 e. The maximum absolute atomic E-state index is 11.1. The Balaban J connectivity index is 1.32. The third-order valence-corrected chi connectivity index (χ3v) is 13.0. The first-order valence-corrected chi connectivity index (χ1v) is 15.0. The fourth-order valence-corrected chi connectivity index (χ4v) is 11.9. The Bertz CT molecular complexity index is 557. The van der Waals surface area contributed by atoms with Crippen molar-refractivity contribution in [2.45, 2.75) is 116 Å². The van der Waals surface area contributed by atoms with Crippen LogP contribution in [0.4, 0.5) is 0 Å². The standard InChI is InChI=1S/C30H50O2/c31-19-29(25-13-5-1-9-21(25)22-10-2-6-14-26(22)29)17-18-30(20-32)27-15-7-3-11-23(27)24-12-4-8-16-28(24)30/h21-28,31-32H,1-20H2. The van der Waals surface area contributed by atoms with Crippen LogP contribution in [0.1, 0.15) is 116 Å². The van der Waals surface area contributed by atoms with Gasteiger partial charge in [0.1, 0.15) is 0 Å². The van der Waals surface area contributed by atoms with E-state index in [2.05, 4.69) is 0 Å². The Kier molecular flexibility index (Phi) is 6.19. The lowest BCUT2D eigenvalue weighted by molar-refractivity contribution is -0.0440. The van der Waals surface area contributed by atoms with Gasteiger partial charge in [-0.15, -0.1) is 0 Å². The minimum absolute atomic E-state index is 0.176. The van der Waals surface area contributed by atoms with Gasteiger partial charge in [-0.25, -0.2) is 0 Å². The molecule has 6 fully saturated rings. The lowest BCUT2D eigenvalue weighted by Gasteiger charge is -2.48. The third-order valence-electron chi connectivity index (χ3n) is 13.0. The molecule has 0 aromatic rings. The molecule has 32 heavy (non-hydrogen) atoms. The van der Waals surface area contributed by atoms with Crippen LogP contribution < -0.4 is 0 Å². The van der Waals surface area contributed by atoms with Gasteiger partial charge in [0.2, 0.25) is 0 Å².